The van der Waals surface area contributed by atoms with E-state index in [1.54, 1.807) is 24.3 Å². The predicted octanol–water partition coefficient (Wildman–Crippen LogP) is 2.54. The molecule has 9 heteroatoms. The molecular formula is C19H22ClN3O4S. The monoisotopic (exact) mass is 423 g/mol. The summed E-state index contributed by atoms with van der Waals surface area (Å²) >= 11 is 5.85. The summed E-state index contributed by atoms with van der Waals surface area (Å²) < 4.78 is 32.9. The van der Waals surface area contributed by atoms with Crippen molar-refractivity contribution >= 4 is 33.2 Å². The Morgan fingerprint density at radius 1 is 1.07 bits per heavy atom. The van der Waals surface area contributed by atoms with E-state index in [-0.39, 0.29) is 16.2 Å². The van der Waals surface area contributed by atoms with Gasteiger partial charge in [0, 0.05) is 42.5 Å². The minimum Gasteiger partial charge on any atom is -0.495 e. The van der Waals surface area contributed by atoms with Gasteiger partial charge in [-0.1, -0.05) is 11.6 Å². The maximum Gasteiger partial charge on any atom is 0.255 e. The number of hydrogen-bond acceptors (Lipinski definition) is 5. The van der Waals surface area contributed by atoms with Gasteiger partial charge < -0.3 is 15.0 Å². The van der Waals surface area contributed by atoms with Gasteiger partial charge >= 0.3 is 0 Å². The van der Waals surface area contributed by atoms with Crippen LogP contribution >= 0.6 is 11.6 Å². The number of ether oxygens (including phenoxy) is 1. The number of methoxy groups -OCH3 is 1. The minimum atomic E-state index is -3.78. The number of hydrogen-bond donors (Lipinski definition) is 1. The summed E-state index contributed by atoms with van der Waals surface area (Å²) in [6.45, 7) is 2.09. The van der Waals surface area contributed by atoms with Crippen molar-refractivity contribution in [2.24, 2.45) is 0 Å². The van der Waals surface area contributed by atoms with Gasteiger partial charge in [0.15, 0.2) is 0 Å². The van der Waals surface area contributed by atoms with E-state index in [0.29, 0.717) is 36.9 Å². The second-order valence-corrected chi connectivity index (χ2v) is 8.88. The molecule has 3 rings (SSSR count). The van der Waals surface area contributed by atoms with E-state index in [2.05, 4.69) is 10.2 Å². The van der Waals surface area contributed by atoms with Gasteiger partial charge in [0.2, 0.25) is 10.0 Å². The van der Waals surface area contributed by atoms with Crippen molar-refractivity contribution in [1.82, 2.24) is 9.21 Å². The third kappa shape index (κ3) is 4.47. The lowest BCUT2D eigenvalue weighted by Gasteiger charge is -2.31. The average Bonchev–Trinajstić information content (AvgIpc) is 2.69. The number of likely N-dealkylation sites (N-methyl/N-ethyl adjacent to an activating group) is 1. The number of piperazine rings is 1. The van der Waals surface area contributed by atoms with Gasteiger partial charge in [-0.2, -0.15) is 4.31 Å². The highest BCUT2D eigenvalue weighted by molar-refractivity contribution is 7.89. The Morgan fingerprint density at radius 2 is 1.71 bits per heavy atom. The fraction of sp³-hybridized carbons (Fsp3) is 0.316. The highest BCUT2D eigenvalue weighted by Crippen LogP contribution is 2.29. The molecule has 0 bridgehead atoms. The predicted molar refractivity (Wildman–Crippen MR) is 109 cm³/mol. The maximum atomic E-state index is 13.1. The molecule has 0 spiro atoms. The highest BCUT2D eigenvalue weighted by atomic mass is 35.5. The molecule has 2 aromatic rings. The molecule has 1 N–H and O–H groups in total. The first kappa shape index (κ1) is 20.6. The van der Waals surface area contributed by atoms with Crippen molar-refractivity contribution in [1.29, 1.82) is 0 Å². The molecule has 0 unspecified atom stereocenters. The molecule has 0 aliphatic carbocycles. The van der Waals surface area contributed by atoms with Crippen LogP contribution < -0.4 is 10.1 Å². The Labute approximate surface area is 169 Å². The van der Waals surface area contributed by atoms with Crippen LogP contribution in [0.2, 0.25) is 5.02 Å². The smallest absolute Gasteiger partial charge is 0.255 e. The van der Waals surface area contributed by atoms with E-state index < -0.39 is 15.9 Å². The largest absolute Gasteiger partial charge is 0.495 e. The van der Waals surface area contributed by atoms with Crippen LogP contribution in [0.5, 0.6) is 5.75 Å². The zero-order chi connectivity index (χ0) is 20.3. The highest BCUT2D eigenvalue weighted by Gasteiger charge is 2.30. The van der Waals surface area contributed by atoms with Crippen LogP contribution in [0.15, 0.2) is 47.4 Å². The van der Waals surface area contributed by atoms with Crippen molar-refractivity contribution in [3.05, 3.63) is 53.1 Å². The zero-order valence-electron chi connectivity index (χ0n) is 15.7. The normalized spacial score (nSPS) is 16.0. The first-order valence-corrected chi connectivity index (χ1v) is 10.6. The Morgan fingerprint density at radius 3 is 2.32 bits per heavy atom. The Balaban J connectivity index is 1.89. The van der Waals surface area contributed by atoms with E-state index in [1.165, 1.54) is 29.6 Å². The van der Waals surface area contributed by atoms with Crippen molar-refractivity contribution in [2.45, 2.75) is 4.90 Å². The molecule has 150 valence electrons. The summed E-state index contributed by atoms with van der Waals surface area (Å²) in [6.07, 6.45) is 0. The van der Waals surface area contributed by atoms with Crippen LogP contribution in [0.4, 0.5) is 5.69 Å². The number of halogens is 1. The molecule has 1 heterocycles. The Bertz CT molecular complexity index is 956. The number of sulfonamides is 1. The lowest BCUT2D eigenvalue weighted by molar-refractivity contribution is 0.102. The van der Waals surface area contributed by atoms with Crippen molar-refractivity contribution in [3.63, 3.8) is 0 Å². The molecular weight excluding hydrogens is 402 g/mol. The zero-order valence-corrected chi connectivity index (χ0v) is 17.3. The molecule has 0 saturated carbocycles. The van der Waals surface area contributed by atoms with Crippen molar-refractivity contribution < 1.29 is 17.9 Å². The number of nitrogens with one attached hydrogen (secondary N) is 1. The third-order valence-corrected chi connectivity index (χ3v) is 6.78. The number of nitrogens with zero attached hydrogens (tertiary/aromatic N) is 2. The molecule has 0 radical (unpaired) electrons. The molecule has 1 fully saturated rings. The van der Waals surface area contributed by atoms with E-state index in [9.17, 15) is 13.2 Å². The number of benzene rings is 2. The van der Waals surface area contributed by atoms with Crippen LogP contribution in [0.25, 0.3) is 0 Å². The summed E-state index contributed by atoms with van der Waals surface area (Å²) in [5.74, 6) is -0.207. The molecule has 1 aliphatic rings. The quantitative estimate of drug-likeness (QED) is 0.799. The fourth-order valence-corrected chi connectivity index (χ4v) is 4.65. The molecule has 7 nitrogen and oxygen atoms in total. The lowest BCUT2D eigenvalue weighted by atomic mass is 10.2. The topological polar surface area (TPSA) is 78.9 Å². The number of carbonyl (C=O) groups is 1. The standard InChI is InChI=1S/C19H22ClN3O4S/c1-22-9-11-23(12-10-22)28(25,26)18-13-14(3-8-17(18)27-2)19(24)21-16-6-4-15(20)5-7-16/h3-8,13H,9-12H2,1-2H3,(H,21,24). The van der Waals surface area contributed by atoms with Gasteiger partial charge in [0.25, 0.3) is 5.91 Å². The number of anilines is 1. The van der Waals surface area contributed by atoms with Gasteiger partial charge in [-0.25, -0.2) is 8.42 Å². The lowest BCUT2D eigenvalue weighted by Crippen LogP contribution is -2.47. The Kier molecular flexibility index (Phi) is 6.24. The van der Waals surface area contributed by atoms with Gasteiger partial charge in [-0.15, -0.1) is 0 Å². The SMILES string of the molecule is COc1ccc(C(=O)Nc2ccc(Cl)cc2)cc1S(=O)(=O)N1CCN(C)CC1. The molecule has 1 amide bonds. The molecule has 0 atom stereocenters. The van der Waals surface area contributed by atoms with E-state index in [4.69, 9.17) is 16.3 Å². The summed E-state index contributed by atoms with van der Waals surface area (Å²) in [5.41, 5.74) is 0.789. The van der Waals surface area contributed by atoms with Crippen molar-refractivity contribution in [2.75, 3.05) is 45.7 Å². The van der Waals surface area contributed by atoms with Crippen LogP contribution in [-0.4, -0.2) is 63.9 Å². The van der Waals surface area contributed by atoms with Crippen LogP contribution in [0.3, 0.4) is 0 Å². The van der Waals surface area contributed by atoms with E-state index >= 15 is 0 Å². The fourth-order valence-electron chi connectivity index (χ4n) is 2.92. The van der Waals surface area contributed by atoms with Crippen LogP contribution in [0.1, 0.15) is 10.4 Å². The number of rotatable bonds is 5. The summed E-state index contributed by atoms with van der Waals surface area (Å²) in [5, 5.41) is 3.29. The molecule has 2 aromatic carbocycles. The average molecular weight is 424 g/mol. The molecule has 1 saturated heterocycles. The molecule has 1 aliphatic heterocycles. The summed E-state index contributed by atoms with van der Waals surface area (Å²) in [6, 6.07) is 11.1. The second kappa shape index (κ2) is 8.48. The third-order valence-electron chi connectivity index (χ3n) is 4.61. The summed E-state index contributed by atoms with van der Waals surface area (Å²) in [7, 11) is -0.419. The molecule has 0 aromatic heterocycles. The van der Waals surface area contributed by atoms with Gasteiger partial charge in [0.05, 0.1) is 7.11 Å². The number of carbonyl (C=O) groups excluding carboxylic acids is 1. The van der Waals surface area contributed by atoms with E-state index in [1.807, 2.05) is 7.05 Å². The van der Waals surface area contributed by atoms with Gasteiger partial charge in [-0.05, 0) is 49.5 Å². The maximum absolute atomic E-state index is 13.1. The number of amides is 1. The van der Waals surface area contributed by atoms with Gasteiger partial charge in [-0.3, -0.25) is 4.79 Å². The summed E-state index contributed by atoms with van der Waals surface area (Å²) in [4.78, 5) is 14.7. The minimum absolute atomic E-state index is 0.0108. The van der Waals surface area contributed by atoms with Crippen LogP contribution in [-0.2, 0) is 10.0 Å². The first-order valence-electron chi connectivity index (χ1n) is 8.75. The molecule has 28 heavy (non-hydrogen) atoms. The Hall–Kier alpha value is -2.13. The van der Waals surface area contributed by atoms with Crippen LogP contribution in [0, 0.1) is 0 Å². The van der Waals surface area contributed by atoms with Gasteiger partial charge in [0.1, 0.15) is 10.6 Å². The first-order chi connectivity index (χ1) is 13.3. The van der Waals surface area contributed by atoms with Crippen molar-refractivity contribution in [3.8, 4) is 5.75 Å². The second-order valence-electron chi connectivity index (χ2n) is 6.53. The van der Waals surface area contributed by atoms with E-state index in [0.717, 1.165) is 0 Å².